The highest BCUT2D eigenvalue weighted by molar-refractivity contribution is 5.89. The first-order chi connectivity index (χ1) is 13.0. The van der Waals surface area contributed by atoms with Gasteiger partial charge < -0.3 is 10.1 Å². The second-order valence-corrected chi connectivity index (χ2v) is 5.48. The third-order valence-electron chi connectivity index (χ3n) is 3.51. The number of halogens is 1. The van der Waals surface area contributed by atoms with E-state index in [4.69, 9.17) is 4.74 Å². The zero-order valence-electron chi connectivity index (χ0n) is 14.3. The van der Waals surface area contributed by atoms with Gasteiger partial charge in [0.1, 0.15) is 5.82 Å². The molecule has 0 saturated carbocycles. The van der Waals surface area contributed by atoms with Gasteiger partial charge in [-0.3, -0.25) is 14.9 Å². The van der Waals surface area contributed by atoms with E-state index in [0.29, 0.717) is 17.5 Å². The number of carbonyl (C=O) groups is 2. The Labute approximate surface area is 154 Å². The first kappa shape index (κ1) is 19.8. The van der Waals surface area contributed by atoms with Gasteiger partial charge in [-0.2, -0.15) is 0 Å². The summed E-state index contributed by atoms with van der Waals surface area (Å²) in [4.78, 5) is 33.4. The molecule has 27 heavy (non-hydrogen) atoms. The maximum atomic E-state index is 13.4. The molecule has 0 unspecified atom stereocenters. The van der Waals surface area contributed by atoms with Crippen LogP contribution in [0.5, 0.6) is 0 Å². The van der Waals surface area contributed by atoms with Gasteiger partial charge in [0.05, 0.1) is 4.92 Å². The number of ether oxygens (including phenoxy) is 1. The molecule has 7 nitrogen and oxygen atoms in total. The van der Waals surface area contributed by atoms with Crippen molar-refractivity contribution in [2.75, 3.05) is 13.2 Å². The van der Waals surface area contributed by atoms with Crippen molar-refractivity contribution in [2.45, 2.75) is 6.42 Å². The largest absolute Gasteiger partial charge is 0.452 e. The fourth-order valence-corrected chi connectivity index (χ4v) is 2.18. The molecule has 0 spiro atoms. The molecule has 0 aliphatic heterocycles. The summed E-state index contributed by atoms with van der Waals surface area (Å²) >= 11 is 0. The summed E-state index contributed by atoms with van der Waals surface area (Å²) in [5, 5.41) is 13.2. The summed E-state index contributed by atoms with van der Waals surface area (Å²) in [5.41, 5.74) is 0.838. The van der Waals surface area contributed by atoms with Gasteiger partial charge in [-0.1, -0.05) is 30.3 Å². The molecular weight excluding hydrogens is 355 g/mol. The smallest absolute Gasteiger partial charge is 0.331 e. The number of esters is 1. The van der Waals surface area contributed by atoms with E-state index in [1.54, 1.807) is 24.3 Å². The summed E-state index contributed by atoms with van der Waals surface area (Å²) in [7, 11) is 0. The lowest BCUT2D eigenvalue weighted by Gasteiger charge is -2.06. The molecule has 0 bridgehead atoms. The number of rotatable bonds is 8. The number of benzene rings is 2. The van der Waals surface area contributed by atoms with E-state index < -0.39 is 23.4 Å². The van der Waals surface area contributed by atoms with Gasteiger partial charge in [-0.25, -0.2) is 9.18 Å². The fourth-order valence-electron chi connectivity index (χ4n) is 2.18. The third-order valence-corrected chi connectivity index (χ3v) is 3.51. The van der Waals surface area contributed by atoms with Crippen molar-refractivity contribution in [1.82, 2.24) is 5.32 Å². The topological polar surface area (TPSA) is 98.5 Å². The van der Waals surface area contributed by atoms with Gasteiger partial charge >= 0.3 is 5.97 Å². The number of nitrogens with one attached hydrogen (secondary N) is 1. The minimum Gasteiger partial charge on any atom is -0.452 e. The van der Waals surface area contributed by atoms with E-state index >= 15 is 0 Å². The molecule has 2 aromatic rings. The van der Waals surface area contributed by atoms with E-state index in [1.165, 1.54) is 30.3 Å². The molecular formula is C19H17FN2O5. The second-order valence-electron chi connectivity index (χ2n) is 5.48. The number of hydrogen-bond acceptors (Lipinski definition) is 5. The van der Waals surface area contributed by atoms with Gasteiger partial charge in [0, 0.05) is 24.8 Å². The average Bonchev–Trinajstić information content (AvgIpc) is 2.66. The summed E-state index contributed by atoms with van der Waals surface area (Å²) in [6.45, 7) is -0.268. The molecule has 8 heteroatoms. The Morgan fingerprint density at radius 1 is 1.19 bits per heavy atom. The van der Waals surface area contributed by atoms with Crippen LogP contribution in [0.4, 0.5) is 10.1 Å². The first-order valence-corrected chi connectivity index (χ1v) is 8.05. The van der Waals surface area contributed by atoms with Crippen molar-refractivity contribution < 1.29 is 23.6 Å². The highest BCUT2D eigenvalue weighted by atomic mass is 19.1. The monoisotopic (exact) mass is 372 g/mol. The zero-order valence-corrected chi connectivity index (χ0v) is 14.3. The van der Waals surface area contributed by atoms with Crippen LogP contribution in [0.2, 0.25) is 0 Å². The van der Waals surface area contributed by atoms with Crippen LogP contribution in [-0.4, -0.2) is 30.0 Å². The van der Waals surface area contributed by atoms with Gasteiger partial charge in [0.2, 0.25) is 0 Å². The molecule has 0 fully saturated rings. The maximum absolute atomic E-state index is 13.4. The van der Waals surface area contributed by atoms with Gasteiger partial charge in [0.25, 0.3) is 11.6 Å². The molecule has 0 saturated heterocycles. The Morgan fingerprint density at radius 2 is 1.96 bits per heavy atom. The maximum Gasteiger partial charge on any atom is 0.331 e. The molecule has 0 radical (unpaired) electrons. The predicted molar refractivity (Wildman–Crippen MR) is 96.2 cm³/mol. The molecule has 2 aromatic carbocycles. The highest BCUT2D eigenvalue weighted by Gasteiger charge is 2.07. The van der Waals surface area contributed by atoms with Gasteiger partial charge in [-0.15, -0.1) is 0 Å². The van der Waals surface area contributed by atoms with E-state index in [-0.39, 0.29) is 18.0 Å². The summed E-state index contributed by atoms with van der Waals surface area (Å²) in [5.74, 6) is -1.61. The molecule has 0 aliphatic rings. The molecule has 140 valence electrons. The minimum atomic E-state index is -0.759. The highest BCUT2D eigenvalue weighted by Crippen LogP contribution is 2.14. The molecule has 1 amide bonds. The van der Waals surface area contributed by atoms with Gasteiger partial charge in [0.15, 0.2) is 6.61 Å². The van der Waals surface area contributed by atoms with Crippen molar-refractivity contribution in [1.29, 1.82) is 0 Å². The Kier molecular flexibility index (Phi) is 7.18. The molecule has 0 aliphatic carbocycles. The van der Waals surface area contributed by atoms with E-state index in [0.717, 1.165) is 6.08 Å². The fraction of sp³-hybridized carbons (Fsp3) is 0.158. The van der Waals surface area contributed by atoms with E-state index in [2.05, 4.69) is 5.32 Å². The van der Waals surface area contributed by atoms with Crippen LogP contribution in [0, 0.1) is 15.9 Å². The van der Waals surface area contributed by atoms with Crippen LogP contribution >= 0.6 is 0 Å². The Morgan fingerprint density at radius 3 is 2.70 bits per heavy atom. The number of nitrogens with zero attached hydrogens (tertiary/aromatic N) is 1. The Balaban J connectivity index is 1.73. The number of carbonyl (C=O) groups excluding carboxylic acids is 2. The van der Waals surface area contributed by atoms with Crippen LogP contribution in [0.1, 0.15) is 11.1 Å². The minimum absolute atomic E-state index is 0.0975. The van der Waals surface area contributed by atoms with Crippen molar-refractivity contribution in [3.05, 3.63) is 81.7 Å². The Hall–Kier alpha value is -3.55. The molecule has 0 heterocycles. The van der Waals surface area contributed by atoms with Gasteiger partial charge in [-0.05, 0) is 29.7 Å². The van der Waals surface area contributed by atoms with Crippen molar-refractivity contribution in [3.8, 4) is 0 Å². The molecule has 1 N–H and O–H groups in total. The number of hydrogen-bond donors (Lipinski definition) is 1. The standard InChI is InChI=1S/C19H17FN2O5/c20-17-7-2-1-5-15(17)10-11-21-18(23)13-27-19(24)9-8-14-4-3-6-16(12-14)22(25)26/h1-9,12H,10-11,13H2,(H,21,23)/b9-8+. The lowest BCUT2D eigenvalue weighted by Crippen LogP contribution is -2.30. The van der Waals surface area contributed by atoms with Crippen LogP contribution < -0.4 is 5.32 Å². The normalized spacial score (nSPS) is 10.6. The Bertz CT molecular complexity index is 867. The molecule has 0 aromatic heterocycles. The van der Waals surface area contributed by atoms with Crippen LogP contribution in [0.25, 0.3) is 6.08 Å². The number of nitro benzene ring substituents is 1. The van der Waals surface area contributed by atoms with E-state index in [1.807, 2.05) is 0 Å². The number of non-ortho nitro benzene ring substituents is 1. The number of nitro groups is 1. The van der Waals surface area contributed by atoms with Crippen LogP contribution in [-0.2, 0) is 20.7 Å². The molecule has 2 rings (SSSR count). The van der Waals surface area contributed by atoms with Crippen LogP contribution in [0.3, 0.4) is 0 Å². The summed E-state index contributed by atoms with van der Waals surface area (Å²) < 4.78 is 18.2. The predicted octanol–water partition coefficient (Wildman–Crippen LogP) is 2.65. The molecule has 0 atom stereocenters. The lowest BCUT2D eigenvalue weighted by molar-refractivity contribution is -0.384. The van der Waals surface area contributed by atoms with Crippen molar-refractivity contribution in [2.24, 2.45) is 0 Å². The summed E-state index contributed by atoms with van der Waals surface area (Å²) in [6.07, 6.45) is 2.75. The van der Waals surface area contributed by atoms with Crippen LogP contribution in [0.15, 0.2) is 54.6 Å². The first-order valence-electron chi connectivity index (χ1n) is 8.05. The summed E-state index contributed by atoms with van der Waals surface area (Å²) in [6, 6.07) is 12.0. The zero-order chi connectivity index (χ0) is 19.6. The lowest BCUT2D eigenvalue weighted by atomic mass is 10.1. The quantitative estimate of drug-likeness (QED) is 0.332. The second kappa shape index (κ2) is 9.81. The third kappa shape index (κ3) is 6.69. The SMILES string of the molecule is O=C(COC(=O)/C=C/c1cccc([N+](=O)[O-])c1)NCCc1ccccc1F. The van der Waals surface area contributed by atoms with Crippen molar-refractivity contribution in [3.63, 3.8) is 0 Å². The number of amides is 1. The van der Waals surface area contributed by atoms with Crippen molar-refractivity contribution >= 4 is 23.6 Å². The average molecular weight is 372 g/mol. The van der Waals surface area contributed by atoms with E-state index in [9.17, 15) is 24.1 Å².